The number of hydrogen-bond donors (Lipinski definition) is 1. The van der Waals surface area contributed by atoms with Crippen molar-refractivity contribution in [1.29, 1.82) is 0 Å². The molecule has 0 aliphatic heterocycles. The first-order valence-electron chi connectivity index (χ1n) is 7.11. The summed E-state index contributed by atoms with van der Waals surface area (Å²) in [5.74, 6) is 0. The molecule has 0 unspecified atom stereocenters. The van der Waals surface area contributed by atoms with Gasteiger partial charge in [-0.1, -0.05) is 18.2 Å². The van der Waals surface area contributed by atoms with Crippen molar-refractivity contribution >= 4 is 22.5 Å². The Morgan fingerprint density at radius 3 is 2.32 bits per heavy atom. The molecule has 2 heterocycles. The highest BCUT2D eigenvalue weighted by Crippen LogP contribution is 2.20. The number of para-hydroxylation sites is 1. The zero-order valence-electron chi connectivity index (χ0n) is 11.8. The number of hydrogen-bond acceptors (Lipinski definition) is 3. The highest BCUT2D eigenvalue weighted by molar-refractivity contribution is 5.73. The van der Waals surface area contributed by atoms with Crippen LogP contribution in [0.25, 0.3) is 16.9 Å². The van der Waals surface area contributed by atoms with E-state index in [0.717, 1.165) is 28.2 Å². The largest absolute Gasteiger partial charge is 0.356 e. The normalized spacial score (nSPS) is 10.7. The predicted molar refractivity (Wildman–Crippen MR) is 88.6 cm³/mol. The molecule has 0 aliphatic rings. The molecule has 0 fully saturated rings. The van der Waals surface area contributed by atoms with Crippen LogP contribution in [0.5, 0.6) is 0 Å². The summed E-state index contributed by atoms with van der Waals surface area (Å²) >= 11 is 0. The van der Waals surface area contributed by atoms with Crippen molar-refractivity contribution in [3.63, 3.8) is 0 Å². The van der Waals surface area contributed by atoms with Crippen LogP contribution in [-0.4, -0.2) is 14.5 Å². The second kappa shape index (κ2) is 5.33. The van der Waals surface area contributed by atoms with Gasteiger partial charge in [0.15, 0.2) is 5.65 Å². The summed E-state index contributed by atoms with van der Waals surface area (Å²) in [7, 11) is 0. The number of anilines is 2. The standard InChI is InChI=1S/C18H14N4/c1-2-5-14(6-3-1)21-15-8-10-16(11-9-15)22-13-20-18-17(22)7-4-12-19-18/h1-13,21H. The summed E-state index contributed by atoms with van der Waals surface area (Å²) in [6.45, 7) is 0. The molecule has 0 saturated heterocycles. The average Bonchev–Trinajstić information content (AvgIpc) is 3.01. The van der Waals surface area contributed by atoms with Crippen molar-refractivity contribution in [1.82, 2.24) is 14.5 Å². The number of pyridine rings is 1. The van der Waals surface area contributed by atoms with Crippen molar-refractivity contribution in [2.45, 2.75) is 0 Å². The first-order chi connectivity index (χ1) is 10.9. The Hall–Kier alpha value is -3.14. The Labute approximate surface area is 128 Å². The van der Waals surface area contributed by atoms with E-state index in [9.17, 15) is 0 Å². The molecule has 4 aromatic rings. The first kappa shape index (κ1) is 12.6. The lowest BCUT2D eigenvalue weighted by Gasteiger charge is -2.08. The minimum atomic E-state index is 0.758. The molecule has 22 heavy (non-hydrogen) atoms. The topological polar surface area (TPSA) is 42.7 Å². The molecule has 4 heteroatoms. The van der Waals surface area contributed by atoms with Crippen molar-refractivity contribution < 1.29 is 0 Å². The van der Waals surface area contributed by atoms with E-state index in [1.54, 1.807) is 12.5 Å². The summed E-state index contributed by atoms with van der Waals surface area (Å²) in [6.07, 6.45) is 3.56. The van der Waals surface area contributed by atoms with E-state index >= 15 is 0 Å². The lowest BCUT2D eigenvalue weighted by molar-refractivity contribution is 1.09. The zero-order chi connectivity index (χ0) is 14.8. The van der Waals surface area contributed by atoms with Crippen LogP contribution in [0.3, 0.4) is 0 Å². The van der Waals surface area contributed by atoms with Crippen LogP contribution in [0, 0.1) is 0 Å². The Morgan fingerprint density at radius 1 is 0.727 bits per heavy atom. The maximum atomic E-state index is 4.32. The van der Waals surface area contributed by atoms with Gasteiger partial charge in [0.25, 0.3) is 0 Å². The van der Waals surface area contributed by atoms with Gasteiger partial charge in [-0.15, -0.1) is 0 Å². The van der Waals surface area contributed by atoms with Gasteiger partial charge < -0.3 is 5.32 Å². The highest BCUT2D eigenvalue weighted by atomic mass is 15.1. The quantitative estimate of drug-likeness (QED) is 0.615. The minimum absolute atomic E-state index is 0.758. The molecule has 106 valence electrons. The molecular formula is C18H14N4. The van der Waals surface area contributed by atoms with E-state index in [1.807, 2.05) is 47.0 Å². The van der Waals surface area contributed by atoms with Gasteiger partial charge in [0.05, 0.1) is 5.52 Å². The van der Waals surface area contributed by atoms with Gasteiger partial charge in [0.2, 0.25) is 0 Å². The summed E-state index contributed by atoms with van der Waals surface area (Å²) in [4.78, 5) is 8.58. The smallest absolute Gasteiger partial charge is 0.177 e. The fourth-order valence-electron chi connectivity index (χ4n) is 2.45. The van der Waals surface area contributed by atoms with E-state index in [2.05, 4.69) is 39.6 Å². The van der Waals surface area contributed by atoms with Crippen LogP contribution in [-0.2, 0) is 0 Å². The number of rotatable bonds is 3. The maximum Gasteiger partial charge on any atom is 0.177 e. The average molecular weight is 286 g/mol. The van der Waals surface area contributed by atoms with E-state index in [4.69, 9.17) is 0 Å². The van der Waals surface area contributed by atoms with Crippen LogP contribution in [0.1, 0.15) is 0 Å². The molecule has 0 aliphatic carbocycles. The SMILES string of the molecule is c1ccc(Nc2ccc(-n3cnc4ncccc43)cc2)cc1. The van der Waals surface area contributed by atoms with E-state index in [1.165, 1.54) is 0 Å². The second-order valence-electron chi connectivity index (χ2n) is 5.00. The number of aromatic nitrogens is 3. The second-order valence-corrected chi connectivity index (χ2v) is 5.00. The molecule has 2 aromatic heterocycles. The lowest BCUT2D eigenvalue weighted by Crippen LogP contribution is -1.94. The monoisotopic (exact) mass is 286 g/mol. The molecule has 0 spiro atoms. The minimum Gasteiger partial charge on any atom is -0.356 e. The van der Waals surface area contributed by atoms with Gasteiger partial charge in [0, 0.05) is 23.3 Å². The Bertz CT molecular complexity index is 895. The van der Waals surface area contributed by atoms with Gasteiger partial charge in [0.1, 0.15) is 6.33 Å². The zero-order valence-corrected chi connectivity index (χ0v) is 11.8. The Morgan fingerprint density at radius 2 is 1.50 bits per heavy atom. The number of benzene rings is 2. The van der Waals surface area contributed by atoms with Crippen molar-refractivity contribution in [3.8, 4) is 5.69 Å². The number of nitrogens with one attached hydrogen (secondary N) is 1. The summed E-state index contributed by atoms with van der Waals surface area (Å²) in [5, 5.41) is 3.38. The Kier molecular flexibility index (Phi) is 3.05. The van der Waals surface area contributed by atoms with Crippen LogP contribution >= 0.6 is 0 Å². The third-order valence-corrected chi connectivity index (χ3v) is 3.53. The van der Waals surface area contributed by atoms with Crippen LogP contribution in [0.15, 0.2) is 79.3 Å². The molecule has 0 saturated carbocycles. The van der Waals surface area contributed by atoms with E-state index < -0.39 is 0 Å². The van der Waals surface area contributed by atoms with E-state index in [-0.39, 0.29) is 0 Å². The fourth-order valence-corrected chi connectivity index (χ4v) is 2.45. The van der Waals surface area contributed by atoms with Crippen molar-refractivity contribution in [2.75, 3.05) is 5.32 Å². The molecule has 4 rings (SSSR count). The van der Waals surface area contributed by atoms with E-state index in [0.29, 0.717) is 0 Å². The number of imidazole rings is 1. The molecule has 0 atom stereocenters. The molecule has 2 aromatic carbocycles. The molecule has 1 N–H and O–H groups in total. The lowest BCUT2D eigenvalue weighted by atomic mass is 10.2. The summed E-state index contributed by atoms with van der Waals surface area (Å²) in [5.41, 5.74) is 4.96. The van der Waals surface area contributed by atoms with Gasteiger partial charge in [-0.2, -0.15) is 0 Å². The van der Waals surface area contributed by atoms with Crippen molar-refractivity contribution in [3.05, 3.63) is 79.3 Å². The number of nitrogens with zero attached hydrogens (tertiary/aromatic N) is 3. The van der Waals surface area contributed by atoms with Gasteiger partial charge in [-0.05, 0) is 48.5 Å². The van der Waals surface area contributed by atoms with Gasteiger partial charge in [-0.3, -0.25) is 4.57 Å². The molecule has 0 amide bonds. The van der Waals surface area contributed by atoms with Gasteiger partial charge >= 0.3 is 0 Å². The number of fused-ring (bicyclic) bond motifs is 1. The fraction of sp³-hybridized carbons (Fsp3) is 0. The van der Waals surface area contributed by atoms with Gasteiger partial charge in [-0.25, -0.2) is 9.97 Å². The van der Waals surface area contributed by atoms with Crippen LogP contribution in [0.4, 0.5) is 11.4 Å². The summed E-state index contributed by atoms with van der Waals surface area (Å²) < 4.78 is 2.04. The molecular weight excluding hydrogens is 272 g/mol. The molecule has 0 bridgehead atoms. The Balaban J connectivity index is 1.64. The van der Waals surface area contributed by atoms with Crippen LogP contribution < -0.4 is 5.32 Å². The molecule has 4 nitrogen and oxygen atoms in total. The van der Waals surface area contributed by atoms with Crippen LogP contribution in [0.2, 0.25) is 0 Å². The first-order valence-corrected chi connectivity index (χ1v) is 7.11. The third-order valence-electron chi connectivity index (χ3n) is 3.53. The maximum absolute atomic E-state index is 4.32. The third kappa shape index (κ3) is 2.31. The van der Waals surface area contributed by atoms with Crippen molar-refractivity contribution in [2.24, 2.45) is 0 Å². The highest BCUT2D eigenvalue weighted by Gasteiger charge is 2.04. The summed E-state index contributed by atoms with van der Waals surface area (Å²) in [6, 6.07) is 22.3. The predicted octanol–water partition coefficient (Wildman–Crippen LogP) is 4.16. The molecule has 0 radical (unpaired) electrons.